The van der Waals surface area contributed by atoms with E-state index in [1.54, 1.807) is 18.2 Å². The van der Waals surface area contributed by atoms with Crippen molar-refractivity contribution in [1.29, 1.82) is 0 Å². The van der Waals surface area contributed by atoms with Gasteiger partial charge in [0.15, 0.2) is 15.9 Å². The molecule has 8 heteroatoms. The maximum atomic E-state index is 12.5. The summed E-state index contributed by atoms with van der Waals surface area (Å²) in [6, 6.07) is 13.8. The van der Waals surface area contributed by atoms with E-state index in [-0.39, 0.29) is 23.0 Å². The maximum absolute atomic E-state index is 12.5. The molecule has 4 rings (SSSR count). The van der Waals surface area contributed by atoms with Gasteiger partial charge >= 0.3 is 5.97 Å². The van der Waals surface area contributed by atoms with Crippen molar-refractivity contribution in [1.82, 2.24) is 0 Å². The summed E-state index contributed by atoms with van der Waals surface area (Å²) in [5, 5.41) is 2.75. The molecular formula is C20H19NO6S. The molecule has 2 aliphatic rings. The Morgan fingerprint density at radius 2 is 1.93 bits per heavy atom. The highest BCUT2D eigenvalue weighted by Crippen LogP contribution is 2.28. The minimum absolute atomic E-state index is 0.0326. The summed E-state index contributed by atoms with van der Waals surface area (Å²) in [7, 11) is -3.13. The highest BCUT2D eigenvalue weighted by molar-refractivity contribution is 7.91. The molecule has 2 aliphatic heterocycles. The Morgan fingerprint density at radius 1 is 1.11 bits per heavy atom. The topological polar surface area (TPSA) is 98.8 Å². The van der Waals surface area contributed by atoms with E-state index in [9.17, 15) is 18.0 Å². The number of nitrogens with one attached hydrogen (secondary N) is 1. The van der Waals surface area contributed by atoms with E-state index in [2.05, 4.69) is 5.32 Å². The lowest BCUT2D eigenvalue weighted by Crippen LogP contribution is -2.31. The van der Waals surface area contributed by atoms with E-state index in [0.29, 0.717) is 24.3 Å². The van der Waals surface area contributed by atoms with Crippen molar-refractivity contribution < 1.29 is 27.5 Å². The van der Waals surface area contributed by atoms with Gasteiger partial charge in [0, 0.05) is 12.1 Å². The van der Waals surface area contributed by atoms with Crippen LogP contribution in [0, 0.1) is 0 Å². The van der Waals surface area contributed by atoms with Gasteiger partial charge in [0.05, 0.1) is 17.1 Å². The lowest BCUT2D eigenvalue weighted by Gasteiger charge is -2.13. The molecule has 0 spiro atoms. The second-order valence-corrected chi connectivity index (χ2v) is 9.15. The van der Waals surface area contributed by atoms with Gasteiger partial charge in [0.25, 0.3) is 5.91 Å². The first-order valence-corrected chi connectivity index (χ1v) is 10.8. The first-order chi connectivity index (χ1) is 13.4. The lowest BCUT2D eigenvalue weighted by atomic mass is 10.1. The molecule has 1 amide bonds. The molecular weight excluding hydrogens is 382 g/mol. The first-order valence-electron chi connectivity index (χ1n) is 8.96. The fraction of sp³-hybridized carbons (Fsp3) is 0.300. The number of anilines is 1. The zero-order valence-electron chi connectivity index (χ0n) is 15.0. The Labute approximate surface area is 162 Å². The average Bonchev–Trinajstić information content (AvgIpc) is 3.24. The monoisotopic (exact) mass is 401 g/mol. The van der Waals surface area contributed by atoms with Gasteiger partial charge < -0.3 is 14.8 Å². The average molecular weight is 401 g/mol. The summed E-state index contributed by atoms with van der Waals surface area (Å²) in [4.78, 5) is 24.8. The fourth-order valence-corrected chi connectivity index (χ4v) is 4.94. The van der Waals surface area contributed by atoms with Crippen molar-refractivity contribution in [2.75, 3.05) is 16.8 Å². The summed E-state index contributed by atoms with van der Waals surface area (Å²) in [6.45, 7) is 0. The molecule has 1 fully saturated rings. The number of hydrogen-bond donors (Lipinski definition) is 1. The maximum Gasteiger partial charge on any atom is 0.338 e. The van der Waals surface area contributed by atoms with Crippen LogP contribution in [-0.2, 0) is 25.8 Å². The number of ether oxygens (including phenoxy) is 2. The Bertz CT molecular complexity index is 1010. The summed E-state index contributed by atoms with van der Waals surface area (Å²) in [5.41, 5.74) is 1.67. The van der Waals surface area contributed by atoms with Crippen LogP contribution in [-0.4, -0.2) is 44.0 Å². The van der Waals surface area contributed by atoms with Crippen molar-refractivity contribution in [2.24, 2.45) is 0 Å². The van der Waals surface area contributed by atoms with Gasteiger partial charge in [0.2, 0.25) is 0 Å². The predicted molar refractivity (Wildman–Crippen MR) is 102 cm³/mol. The van der Waals surface area contributed by atoms with Gasteiger partial charge in [-0.1, -0.05) is 24.3 Å². The van der Waals surface area contributed by atoms with Crippen LogP contribution in [0.3, 0.4) is 0 Å². The van der Waals surface area contributed by atoms with Crippen LogP contribution in [0.25, 0.3) is 0 Å². The molecule has 1 saturated heterocycles. The van der Waals surface area contributed by atoms with Crippen LogP contribution in [0.1, 0.15) is 22.3 Å². The Morgan fingerprint density at radius 3 is 2.68 bits per heavy atom. The molecule has 0 unspecified atom stereocenters. The van der Waals surface area contributed by atoms with E-state index in [1.807, 2.05) is 24.3 Å². The van der Waals surface area contributed by atoms with Crippen molar-refractivity contribution in [2.45, 2.75) is 25.0 Å². The third-order valence-corrected chi connectivity index (χ3v) is 6.51. The number of hydrogen-bond acceptors (Lipinski definition) is 6. The molecule has 146 valence electrons. The molecule has 0 saturated carbocycles. The number of sulfone groups is 1. The molecule has 2 heterocycles. The van der Waals surface area contributed by atoms with E-state index in [0.717, 1.165) is 5.56 Å². The summed E-state index contributed by atoms with van der Waals surface area (Å²) in [6.07, 6.45) is -0.456. The molecule has 7 nitrogen and oxygen atoms in total. The molecule has 1 N–H and O–H groups in total. The molecule has 2 atom stereocenters. The van der Waals surface area contributed by atoms with Gasteiger partial charge in [-0.15, -0.1) is 0 Å². The molecule has 28 heavy (non-hydrogen) atoms. The van der Waals surface area contributed by atoms with E-state index in [4.69, 9.17) is 9.47 Å². The normalized spacial score (nSPS) is 22.1. The number of rotatable bonds is 4. The van der Waals surface area contributed by atoms with Crippen molar-refractivity contribution >= 4 is 27.4 Å². The van der Waals surface area contributed by atoms with Crippen LogP contribution in [0.15, 0.2) is 48.5 Å². The van der Waals surface area contributed by atoms with Gasteiger partial charge in [-0.2, -0.15) is 0 Å². The molecule has 0 aliphatic carbocycles. The van der Waals surface area contributed by atoms with Crippen molar-refractivity contribution in [3.8, 4) is 5.75 Å². The van der Waals surface area contributed by atoms with E-state index < -0.39 is 28.0 Å². The second kappa shape index (κ2) is 7.27. The van der Waals surface area contributed by atoms with Crippen LogP contribution in [0.2, 0.25) is 0 Å². The highest BCUT2D eigenvalue weighted by atomic mass is 32.2. The largest absolute Gasteiger partial charge is 0.480 e. The zero-order valence-corrected chi connectivity index (χ0v) is 15.8. The molecule has 0 radical (unpaired) electrons. The Kier molecular flexibility index (Phi) is 4.80. The number of esters is 1. The van der Waals surface area contributed by atoms with Crippen molar-refractivity contribution in [3.05, 3.63) is 59.7 Å². The van der Waals surface area contributed by atoms with Crippen LogP contribution >= 0.6 is 0 Å². The predicted octanol–water partition coefficient (Wildman–Crippen LogP) is 1.97. The zero-order chi connectivity index (χ0) is 19.7. The Hall–Kier alpha value is -2.87. The smallest absolute Gasteiger partial charge is 0.338 e. The molecule has 2 aromatic rings. The third-order valence-electron chi connectivity index (χ3n) is 4.77. The number of benzene rings is 2. The van der Waals surface area contributed by atoms with Crippen LogP contribution in [0.4, 0.5) is 5.69 Å². The third kappa shape index (κ3) is 4.01. The molecule has 0 bridgehead atoms. The second-order valence-electron chi connectivity index (χ2n) is 6.92. The summed E-state index contributed by atoms with van der Waals surface area (Å²) < 4.78 is 33.9. The number of amides is 1. The SMILES string of the molecule is O=C(O[C@H]1CCS(=O)(=O)C1)c1cccc(NC(=O)[C@@H]2Cc3ccccc3O2)c1. The number of carbonyl (C=O) groups is 2. The standard InChI is InChI=1S/C20H19NO6S/c22-19(18-11-13-4-1-2-7-17(13)27-18)21-15-6-3-5-14(10-15)20(23)26-16-8-9-28(24,25)12-16/h1-7,10,16,18H,8-9,11-12H2,(H,21,22)/t16-,18-/m0/s1. The van der Waals surface area contributed by atoms with E-state index in [1.165, 1.54) is 6.07 Å². The lowest BCUT2D eigenvalue weighted by molar-refractivity contribution is -0.122. The van der Waals surface area contributed by atoms with Gasteiger partial charge in [-0.25, -0.2) is 13.2 Å². The fourth-order valence-electron chi connectivity index (χ4n) is 3.35. The summed E-state index contributed by atoms with van der Waals surface area (Å²) >= 11 is 0. The molecule has 2 aromatic carbocycles. The highest BCUT2D eigenvalue weighted by Gasteiger charge is 2.31. The first kappa shape index (κ1) is 18.5. The van der Waals surface area contributed by atoms with Crippen LogP contribution < -0.4 is 10.1 Å². The minimum atomic E-state index is -3.13. The number of para-hydroxylation sites is 1. The molecule has 0 aromatic heterocycles. The number of carbonyl (C=O) groups excluding carboxylic acids is 2. The van der Waals surface area contributed by atoms with Crippen LogP contribution in [0.5, 0.6) is 5.75 Å². The summed E-state index contributed by atoms with van der Waals surface area (Å²) in [5.74, 6) is -0.322. The quantitative estimate of drug-likeness (QED) is 0.787. The Balaban J connectivity index is 1.39. The minimum Gasteiger partial charge on any atom is -0.480 e. The van der Waals surface area contributed by atoms with Crippen molar-refractivity contribution in [3.63, 3.8) is 0 Å². The van der Waals surface area contributed by atoms with E-state index >= 15 is 0 Å². The number of fused-ring (bicyclic) bond motifs is 1. The van der Waals surface area contributed by atoms with Gasteiger partial charge in [-0.05, 0) is 36.2 Å². The van der Waals surface area contributed by atoms with Gasteiger partial charge in [-0.3, -0.25) is 4.79 Å². The van der Waals surface area contributed by atoms with Gasteiger partial charge in [0.1, 0.15) is 11.9 Å².